The molecule has 0 aliphatic carbocycles. The van der Waals surface area contributed by atoms with E-state index in [1.807, 2.05) is 11.6 Å². The van der Waals surface area contributed by atoms with Crippen LogP contribution in [0.2, 0.25) is 0 Å². The summed E-state index contributed by atoms with van der Waals surface area (Å²) in [5.41, 5.74) is 1.17. The highest BCUT2D eigenvalue weighted by Crippen LogP contribution is 2.32. The van der Waals surface area contributed by atoms with Crippen molar-refractivity contribution in [3.05, 3.63) is 16.1 Å². The number of ether oxygens (including phenoxy) is 1. The third kappa shape index (κ3) is 2.92. The Balaban J connectivity index is 2.17. The van der Waals surface area contributed by atoms with E-state index in [0.29, 0.717) is 12.3 Å². The SMILES string of the molecule is Cn1c(CCC(=O)O)nc(Br)c1C1CCOCC1. The van der Waals surface area contributed by atoms with Crippen LogP contribution in [0.5, 0.6) is 0 Å². The Morgan fingerprint density at radius 3 is 2.83 bits per heavy atom. The van der Waals surface area contributed by atoms with Gasteiger partial charge in [-0.25, -0.2) is 4.98 Å². The monoisotopic (exact) mass is 316 g/mol. The number of hydrogen-bond acceptors (Lipinski definition) is 3. The Kier molecular flexibility index (Phi) is 4.40. The first kappa shape index (κ1) is 13.5. The first-order valence-electron chi connectivity index (χ1n) is 6.10. The molecule has 2 rings (SSSR count). The molecule has 6 heteroatoms. The van der Waals surface area contributed by atoms with Gasteiger partial charge in [0.15, 0.2) is 0 Å². The first-order chi connectivity index (χ1) is 8.59. The number of carboxylic acids is 1. The highest BCUT2D eigenvalue weighted by Gasteiger charge is 2.24. The summed E-state index contributed by atoms with van der Waals surface area (Å²) in [6, 6.07) is 0. The van der Waals surface area contributed by atoms with Gasteiger partial charge in [-0.1, -0.05) is 0 Å². The van der Waals surface area contributed by atoms with Gasteiger partial charge in [0.2, 0.25) is 0 Å². The topological polar surface area (TPSA) is 64.4 Å². The Bertz CT molecular complexity index is 439. The summed E-state index contributed by atoms with van der Waals surface area (Å²) in [5, 5.41) is 8.73. The fourth-order valence-electron chi connectivity index (χ4n) is 2.38. The molecule has 1 aliphatic rings. The van der Waals surface area contributed by atoms with E-state index < -0.39 is 5.97 Å². The van der Waals surface area contributed by atoms with Crippen LogP contribution in [0.3, 0.4) is 0 Å². The minimum absolute atomic E-state index is 0.116. The van der Waals surface area contributed by atoms with Crippen LogP contribution in [-0.2, 0) is 23.0 Å². The molecule has 0 unspecified atom stereocenters. The fraction of sp³-hybridized carbons (Fsp3) is 0.667. The van der Waals surface area contributed by atoms with Crippen LogP contribution in [0, 0.1) is 0 Å². The predicted molar refractivity (Wildman–Crippen MR) is 69.7 cm³/mol. The molecule has 18 heavy (non-hydrogen) atoms. The molecule has 0 amide bonds. The average molecular weight is 317 g/mol. The predicted octanol–water partition coefficient (Wildman–Crippen LogP) is 2.09. The number of halogens is 1. The van der Waals surface area contributed by atoms with Crippen LogP contribution >= 0.6 is 15.9 Å². The molecule has 0 atom stereocenters. The average Bonchev–Trinajstić information content (AvgIpc) is 2.63. The Morgan fingerprint density at radius 1 is 1.56 bits per heavy atom. The van der Waals surface area contributed by atoms with Crippen LogP contribution in [-0.4, -0.2) is 33.8 Å². The summed E-state index contributed by atoms with van der Waals surface area (Å²) in [4.78, 5) is 15.0. The molecule has 1 N–H and O–H groups in total. The van der Waals surface area contributed by atoms with E-state index in [4.69, 9.17) is 9.84 Å². The number of aromatic nitrogens is 2. The lowest BCUT2D eigenvalue weighted by Crippen LogP contribution is -2.17. The first-order valence-corrected chi connectivity index (χ1v) is 6.89. The van der Waals surface area contributed by atoms with Crippen LogP contribution < -0.4 is 0 Å². The highest BCUT2D eigenvalue weighted by molar-refractivity contribution is 9.10. The van der Waals surface area contributed by atoms with E-state index in [9.17, 15) is 4.79 Å². The normalized spacial score (nSPS) is 17.0. The summed E-state index contributed by atoms with van der Waals surface area (Å²) in [7, 11) is 1.96. The molecular formula is C12H17BrN2O3. The molecule has 2 heterocycles. The van der Waals surface area contributed by atoms with Crippen molar-refractivity contribution in [2.45, 2.75) is 31.6 Å². The number of rotatable bonds is 4. The number of carbonyl (C=O) groups is 1. The van der Waals surface area contributed by atoms with Crippen molar-refractivity contribution in [2.24, 2.45) is 7.05 Å². The lowest BCUT2D eigenvalue weighted by molar-refractivity contribution is -0.137. The number of carboxylic acid groups (broad SMARTS) is 1. The third-order valence-electron chi connectivity index (χ3n) is 3.36. The van der Waals surface area contributed by atoms with Gasteiger partial charge >= 0.3 is 5.97 Å². The van der Waals surface area contributed by atoms with Crippen molar-refractivity contribution in [2.75, 3.05) is 13.2 Å². The minimum Gasteiger partial charge on any atom is -0.481 e. The zero-order valence-electron chi connectivity index (χ0n) is 10.4. The quantitative estimate of drug-likeness (QED) is 0.923. The zero-order chi connectivity index (χ0) is 13.1. The second kappa shape index (κ2) is 5.84. The van der Waals surface area contributed by atoms with Gasteiger partial charge in [-0.3, -0.25) is 4.79 Å². The van der Waals surface area contributed by atoms with Crippen molar-refractivity contribution in [1.29, 1.82) is 0 Å². The fourth-order valence-corrected chi connectivity index (χ4v) is 3.17. The van der Waals surface area contributed by atoms with Crippen molar-refractivity contribution in [1.82, 2.24) is 9.55 Å². The van der Waals surface area contributed by atoms with Crippen LogP contribution in [0.25, 0.3) is 0 Å². The molecule has 0 radical (unpaired) electrons. The third-order valence-corrected chi connectivity index (χ3v) is 3.94. The molecule has 1 aromatic heterocycles. The molecule has 0 spiro atoms. The van der Waals surface area contributed by atoms with Crippen LogP contribution in [0.15, 0.2) is 4.60 Å². The molecule has 0 bridgehead atoms. The summed E-state index contributed by atoms with van der Waals surface area (Å²) in [5.74, 6) is 0.483. The Labute approximate surface area is 114 Å². The van der Waals surface area contributed by atoms with Gasteiger partial charge in [0.1, 0.15) is 10.4 Å². The van der Waals surface area contributed by atoms with E-state index >= 15 is 0 Å². The maximum absolute atomic E-state index is 10.6. The standard InChI is InChI=1S/C12H17BrN2O3/c1-15-9(2-3-10(16)17)14-12(13)11(15)8-4-6-18-7-5-8/h8H,2-7H2,1H3,(H,16,17). The van der Waals surface area contributed by atoms with E-state index in [1.165, 1.54) is 5.69 Å². The van der Waals surface area contributed by atoms with Crippen molar-refractivity contribution in [3.63, 3.8) is 0 Å². The number of nitrogens with zero attached hydrogens (tertiary/aromatic N) is 2. The van der Waals surface area contributed by atoms with E-state index in [-0.39, 0.29) is 6.42 Å². The highest BCUT2D eigenvalue weighted by atomic mass is 79.9. The molecule has 1 fully saturated rings. The number of imidazole rings is 1. The van der Waals surface area contributed by atoms with E-state index in [0.717, 1.165) is 36.5 Å². The maximum atomic E-state index is 10.6. The zero-order valence-corrected chi connectivity index (χ0v) is 11.9. The summed E-state index contributed by atoms with van der Waals surface area (Å²) < 4.78 is 8.24. The Hall–Kier alpha value is -0.880. The summed E-state index contributed by atoms with van der Waals surface area (Å²) >= 11 is 3.49. The van der Waals surface area contributed by atoms with Gasteiger partial charge in [0.25, 0.3) is 0 Å². The lowest BCUT2D eigenvalue weighted by Gasteiger charge is -2.23. The van der Waals surface area contributed by atoms with Gasteiger partial charge in [-0.2, -0.15) is 0 Å². The number of aryl methyl sites for hydroxylation is 1. The molecule has 0 aromatic carbocycles. The Morgan fingerprint density at radius 2 is 2.22 bits per heavy atom. The van der Waals surface area contributed by atoms with Gasteiger partial charge < -0.3 is 14.4 Å². The number of aliphatic carboxylic acids is 1. The second-order valence-corrected chi connectivity index (χ2v) is 5.29. The summed E-state index contributed by atoms with van der Waals surface area (Å²) in [6.45, 7) is 1.57. The van der Waals surface area contributed by atoms with Crippen molar-refractivity contribution < 1.29 is 14.6 Å². The van der Waals surface area contributed by atoms with E-state index in [2.05, 4.69) is 20.9 Å². The molecule has 0 saturated carbocycles. The van der Waals surface area contributed by atoms with E-state index in [1.54, 1.807) is 0 Å². The maximum Gasteiger partial charge on any atom is 0.303 e. The van der Waals surface area contributed by atoms with Crippen molar-refractivity contribution >= 4 is 21.9 Å². The van der Waals surface area contributed by atoms with Gasteiger partial charge in [0.05, 0.1) is 12.1 Å². The molecule has 100 valence electrons. The van der Waals surface area contributed by atoms with Gasteiger partial charge in [-0.15, -0.1) is 0 Å². The van der Waals surface area contributed by atoms with Gasteiger partial charge in [0, 0.05) is 32.6 Å². The molecule has 1 aromatic rings. The van der Waals surface area contributed by atoms with Crippen LogP contribution in [0.4, 0.5) is 0 Å². The van der Waals surface area contributed by atoms with Crippen molar-refractivity contribution in [3.8, 4) is 0 Å². The van der Waals surface area contributed by atoms with Crippen LogP contribution in [0.1, 0.15) is 36.7 Å². The summed E-state index contributed by atoms with van der Waals surface area (Å²) in [6.07, 6.45) is 2.57. The minimum atomic E-state index is -0.790. The number of hydrogen-bond donors (Lipinski definition) is 1. The largest absolute Gasteiger partial charge is 0.481 e. The molecular weight excluding hydrogens is 300 g/mol. The van der Waals surface area contributed by atoms with Gasteiger partial charge in [-0.05, 0) is 28.8 Å². The molecule has 1 saturated heterocycles. The second-order valence-electron chi connectivity index (χ2n) is 4.54. The smallest absolute Gasteiger partial charge is 0.303 e. The lowest BCUT2D eigenvalue weighted by atomic mass is 9.97. The molecule has 5 nitrogen and oxygen atoms in total. The molecule has 1 aliphatic heterocycles.